The largest absolute Gasteiger partial charge is 0.370 e. The van der Waals surface area contributed by atoms with Crippen LogP contribution in [0.25, 0.3) is 0 Å². The van der Waals surface area contributed by atoms with Crippen LogP contribution in [0.3, 0.4) is 0 Å². The molecule has 2 nitrogen and oxygen atoms in total. The van der Waals surface area contributed by atoms with Crippen molar-refractivity contribution in [3.8, 4) is 0 Å². The Balaban J connectivity index is 2.37. The normalized spacial score (nSPS) is 12.5. The lowest BCUT2D eigenvalue weighted by atomic mass is 10.2. The number of halogens is 1. The van der Waals surface area contributed by atoms with E-state index in [2.05, 4.69) is 23.5 Å². The molecular weight excluding hydrogens is 216 g/mol. The lowest BCUT2D eigenvalue weighted by Crippen LogP contribution is -2.13. The summed E-state index contributed by atoms with van der Waals surface area (Å²) >= 11 is 7.63. The fraction of sp³-hybridized carbons (Fsp3) is 0.500. The van der Waals surface area contributed by atoms with Crippen LogP contribution in [-0.2, 0) is 0 Å². The molecule has 4 heteroatoms. The number of nitrogens with one attached hydrogen (secondary N) is 1. The van der Waals surface area contributed by atoms with Crippen LogP contribution in [0, 0.1) is 5.92 Å². The first-order valence-corrected chi connectivity index (χ1v) is 6.35. The van der Waals surface area contributed by atoms with Crippen molar-refractivity contribution in [2.75, 3.05) is 23.9 Å². The molecular formula is C10H15ClN2S. The zero-order valence-electron chi connectivity index (χ0n) is 8.46. The van der Waals surface area contributed by atoms with Crippen molar-refractivity contribution < 1.29 is 0 Å². The highest BCUT2D eigenvalue weighted by Crippen LogP contribution is 2.10. The van der Waals surface area contributed by atoms with E-state index in [-0.39, 0.29) is 0 Å². The molecule has 0 aliphatic carbocycles. The zero-order valence-corrected chi connectivity index (χ0v) is 10.0. The maximum atomic E-state index is 5.77. The number of thioether (sulfide) groups is 1. The second-order valence-corrected chi connectivity index (χ2v) is 4.58. The van der Waals surface area contributed by atoms with Gasteiger partial charge in [0.1, 0.15) is 11.0 Å². The Labute approximate surface area is 94.5 Å². The standard InChI is InChI=1S/C10H15ClN2S/c1-8(7-14-2)6-12-10-5-3-4-9(11)13-10/h3-5,8H,6-7H2,1-2H3,(H,12,13). The monoisotopic (exact) mass is 230 g/mol. The Morgan fingerprint density at radius 3 is 3.00 bits per heavy atom. The van der Waals surface area contributed by atoms with Gasteiger partial charge in [0.2, 0.25) is 0 Å². The number of anilines is 1. The van der Waals surface area contributed by atoms with E-state index in [9.17, 15) is 0 Å². The van der Waals surface area contributed by atoms with E-state index >= 15 is 0 Å². The molecule has 78 valence electrons. The summed E-state index contributed by atoms with van der Waals surface area (Å²) in [6.45, 7) is 3.15. The van der Waals surface area contributed by atoms with Crippen LogP contribution in [-0.4, -0.2) is 23.5 Å². The summed E-state index contributed by atoms with van der Waals surface area (Å²) < 4.78 is 0. The topological polar surface area (TPSA) is 24.9 Å². The molecule has 0 bridgehead atoms. The third-order valence-electron chi connectivity index (χ3n) is 1.80. The van der Waals surface area contributed by atoms with E-state index in [1.54, 1.807) is 6.07 Å². The zero-order chi connectivity index (χ0) is 10.4. The van der Waals surface area contributed by atoms with Gasteiger partial charge in [0.25, 0.3) is 0 Å². The van der Waals surface area contributed by atoms with Crippen molar-refractivity contribution in [2.45, 2.75) is 6.92 Å². The van der Waals surface area contributed by atoms with Gasteiger partial charge in [0.15, 0.2) is 0 Å². The fourth-order valence-corrected chi connectivity index (χ4v) is 1.98. The van der Waals surface area contributed by atoms with Crippen molar-refractivity contribution >= 4 is 29.2 Å². The maximum absolute atomic E-state index is 5.77. The van der Waals surface area contributed by atoms with Gasteiger partial charge in [-0.3, -0.25) is 0 Å². The van der Waals surface area contributed by atoms with E-state index < -0.39 is 0 Å². The van der Waals surface area contributed by atoms with Gasteiger partial charge in [-0.15, -0.1) is 0 Å². The summed E-state index contributed by atoms with van der Waals surface area (Å²) in [6.07, 6.45) is 2.12. The lowest BCUT2D eigenvalue weighted by molar-refractivity contribution is 0.699. The number of pyridine rings is 1. The fourth-order valence-electron chi connectivity index (χ4n) is 1.13. The van der Waals surface area contributed by atoms with Gasteiger partial charge in [0, 0.05) is 6.54 Å². The molecule has 0 radical (unpaired) electrons. The van der Waals surface area contributed by atoms with Gasteiger partial charge < -0.3 is 5.32 Å². The van der Waals surface area contributed by atoms with Gasteiger partial charge in [-0.2, -0.15) is 11.8 Å². The average molecular weight is 231 g/mol. The molecule has 0 saturated carbocycles. The van der Waals surface area contributed by atoms with Crippen molar-refractivity contribution in [1.29, 1.82) is 0 Å². The Hall–Kier alpha value is -0.410. The van der Waals surface area contributed by atoms with Gasteiger partial charge in [-0.25, -0.2) is 4.98 Å². The lowest BCUT2D eigenvalue weighted by Gasteiger charge is -2.11. The van der Waals surface area contributed by atoms with Crippen LogP contribution < -0.4 is 5.32 Å². The summed E-state index contributed by atoms with van der Waals surface area (Å²) in [5.41, 5.74) is 0. The van der Waals surface area contributed by atoms with Crippen molar-refractivity contribution in [3.05, 3.63) is 23.4 Å². The minimum Gasteiger partial charge on any atom is -0.370 e. The van der Waals surface area contributed by atoms with E-state index in [1.807, 2.05) is 23.9 Å². The molecule has 0 amide bonds. The van der Waals surface area contributed by atoms with E-state index in [1.165, 1.54) is 0 Å². The molecule has 1 aromatic heterocycles. The van der Waals surface area contributed by atoms with Gasteiger partial charge >= 0.3 is 0 Å². The molecule has 0 spiro atoms. The Morgan fingerprint density at radius 2 is 2.36 bits per heavy atom. The first-order valence-electron chi connectivity index (χ1n) is 4.57. The van der Waals surface area contributed by atoms with Crippen molar-refractivity contribution in [3.63, 3.8) is 0 Å². The van der Waals surface area contributed by atoms with E-state index in [0.29, 0.717) is 11.1 Å². The highest BCUT2D eigenvalue weighted by Gasteiger charge is 2.01. The second kappa shape index (κ2) is 6.14. The predicted octanol–water partition coefficient (Wildman–Crippen LogP) is 3.15. The molecule has 1 aromatic rings. The molecule has 1 N–H and O–H groups in total. The molecule has 0 fully saturated rings. The third-order valence-corrected chi connectivity index (χ3v) is 2.91. The van der Waals surface area contributed by atoms with Crippen LogP contribution in [0.15, 0.2) is 18.2 Å². The SMILES string of the molecule is CSCC(C)CNc1cccc(Cl)n1. The van der Waals surface area contributed by atoms with Crippen LogP contribution in [0.5, 0.6) is 0 Å². The number of hydrogen-bond donors (Lipinski definition) is 1. The first-order chi connectivity index (χ1) is 6.72. The Kier molecular flexibility index (Phi) is 5.12. The predicted molar refractivity (Wildman–Crippen MR) is 65.3 cm³/mol. The Morgan fingerprint density at radius 1 is 1.57 bits per heavy atom. The summed E-state index contributed by atoms with van der Waals surface area (Å²) in [6, 6.07) is 5.60. The molecule has 0 aromatic carbocycles. The number of nitrogens with zero attached hydrogens (tertiary/aromatic N) is 1. The molecule has 1 unspecified atom stereocenters. The molecule has 1 rings (SSSR count). The maximum Gasteiger partial charge on any atom is 0.131 e. The number of aromatic nitrogens is 1. The summed E-state index contributed by atoms with van der Waals surface area (Å²) in [5, 5.41) is 3.80. The summed E-state index contributed by atoms with van der Waals surface area (Å²) in [5.74, 6) is 2.66. The first kappa shape index (κ1) is 11.7. The third kappa shape index (κ3) is 4.20. The average Bonchev–Trinajstić information content (AvgIpc) is 2.15. The summed E-state index contributed by atoms with van der Waals surface area (Å²) in [7, 11) is 0. The second-order valence-electron chi connectivity index (χ2n) is 3.29. The minimum absolute atomic E-state index is 0.535. The molecule has 0 aliphatic heterocycles. The van der Waals surface area contributed by atoms with Gasteiger partial charge in [0.05, 0.1) is 0 Å². The smallest absolute Gasteiger partial charge is 0.131 e. The van der Waals surface area contributed by atoms with E-state index in [0.717, 1.165) is 18.1 Å². The highest BCUT2D eigenvalue weighted by atomic mass is 35.5. The van der Waals surface area contributed by atoms with Gasteiger partial charge in [-0.1, -0.05) is 24.6 Å². The van der Waals surface area contributed by atoms with Crippen molar-refractivity contribution in [2.24, 2.45) is 5.92 Å². The number of hydrogen-bond acceptors (Lipinski definition) is 3. The van der Waals surface area contributed by atoms with Gasteiger partial charge in [-0.05, 0) is 30.1 Å². The quantitative estimate of drug-likeness (QED) is 0.787. The Bertz CT molecular complexity index is 281. The number of rotatable bonds is 5. The van der Waals surface area contributed by atoms with E-state index in [4.69, 9.17) is 11.6 Å². The minimum atomic E-state index is 0.535. The van der Waals surface area contributed by atoms with Crippen molar-refractivity contribution in [1.82, 2.24) is 4.98 Å². The van der Waals surface area contributed by atoms with Crippen LogP contribution in [0.4, 0.5) is 5.82 Å². The molecule has 0 saturated heterocycles. The molecule has 1 atom stereocenters. The molecule has 0 aliphatic rings. The highest BCUT2D eigenvalue weighted by molar-refractivity contribution is 7.98. The van der Waals surface area contributed by atoms with Crippen LogP contribution in [0.2, 0.25) is 5.15 Å². The molecule has 14 heavy (non-hydrogen) atoms. The summed E-state index contributed by atoms with van der Waals surface area (Å²) in [4.78, 5) is 4.15. The molecule has 1 heterocycles. The van der Waals surface area contributed by atoms with Crippen LogP contribution >= 0.6 is 23.4 Å². The van der Waals surface area contributed by atoms with Crippen LogP contribution in [0.1, 0.15) is 6.92 Å².